The summed E-state index contributed by atoms with van der Waals surface area (Å²) >= 11 is 6.08. The van der Waals surface area contributed by atoms with Crippen molar-refractivity contribution in [3.8, 4) is 5.75 Å². The van der Waals surface area contributed by atoms with Crippen LogP contribution in [0, 0.1) is 5.92 Å². The molecule has 162 valence electrons. The van der Waals surface area contributed by atoms with Crippen LogP contribution >= 0.6 is 11.6 Å². The molecule has 1 fully saturated rings. The molecule has 1 aliphatic heterocycles. The molecular weight excluding hydrogens is 396 g/mol. The molecule has 0 radical (unpaired) electrons. The molecule has 1 heterocycles. The molecular formula is C25H33ClN2O2. The first-order valence-corrected chi connectivity index (χ1v) is 11.2. The Morgan fingerprint density at radius 1 is 1.13 bits per heavy atom. The number of carbonyl (C=O) groups is 1. The molecule has 1 amide bonds. The zero-order valence-corrected chi connectivity index (χ0v) is 19.0. The number of hydrogen-bond acceptors (Lipinski definition) is 3. The van der Waals surface area contributed by atoms with Crippen molar-refractivity contribution in [3.05, 3.63) is 64.7 Å². The Kier molecular flexibility index (Phi) is 7.79. The first-order chi connectivity index (χ1) is 14.3. The van der Waals surface area contributed by atoms with Gasteiger partial charge >= 0.3 is 0 Å². The minimum Gasteiger partial charge on any atom is -0.491 e. The summed E-state index contributed by atoms with van der Waals surface area (Å²) in [5, 5.41) is 3.83. The minimum absolute atomic E-state index is 0.0267. The number of benzene rings is 2. The topological polar surface area (TPSA) is 41.6 Å². The lowest BCUT2D eigenvalue weighted by atomic mass is 9.86. The predicted molar refractivity (Wildman–Crippen MR) is 123 cm³/mol. The Labute approximate surface area is 185 Å². The smallest absolute Gasteiger partial charge is 0.223 e. The van der Waals surface area contributed by atoms with E-state index in [1.54, 1.807) is 0 Å². The summed E-state index contributed by atoms with van der Waals surface area (Å²) in [7, 11) is 0. The average molecular weight is 429 g/mol. The van der Waals surface area contributed by atoms with Crippen LogP contribution in [-0.2, 0) is 16.8 Å². The summed E-state index contributed by atoms with van der Waals surface area (Å²) in [6.07, 6.45) is 1.78. The standard InChI is InChI=1S/C25H33ClN2O2/c1-25(2,3)22-9-4-5-10-23(22)30-16-13-27-24(29)20-11-14-28(15-12-20)18-19-7-6-8-21(26)17-19/h4-10,17,20H,11-16,18H2,1-3H3,(H,27,29). The van der Waals surface area contributed by atoms with Crippen molar-refractivity contribution in [1.29, 1.82) is 0 Å². The van der Waals surface area contributed by atoms with Gasteiger partial charge in [0.25, 0.3) is 0 Å². The van der Waals surface area contributed by atoms with E-state index in [4.69, 9.17) is 16.3 Å². The molecule has 0 atom stereocenters. The van der Waals surface area contributed by atoms with Crippen molar-refractivity contribution in [2.75, 3.05) is 26.2 Å². The molecule has 0 aromatic heterocycles. The largest absolute Gasteiger partial charge is 0.491 e. The summed E-state index contributed by atoms with van der Waals surface area (Å²) in [4.78, 5) is 14.9. The maximum atomic E-state index is 12.5. The molecule has 1 saturated heterocycles. The second kappa shape index (κ2) is 10.3. The van der Waals surface area contributed by atoms with Crippen molar-refractivity contribution in [1.82, 2.24) is 10.2 Å². The molecule has 4 nitrogen and oxygen atoms in total. The number of para-hydroxylation sites is 1. The van der Waals surface area contributed by atoms with E-state index >= 15 is 0 Å². The second-order valence-electron chi connectivity index (χ2n) is 9.07. The third kappa shape index (κ3) is 6.48. The fourth-order valence-corrected chi connectivity index (χ4v) is 4.15. The molecule has 0 spiro atoms. The number of amides is 1. The van der Waals surface area contributed by atoms with Gasteiger partial charge in [0.1, 0.15) is 12.4 Å². The lowest BCUT2D eigenvalue weighted by Gasteiger charge is -2.31. The molecule has 0 unspecified atom stereocenters. The maximum Gasteiger partial charge on any atom is 0.223 e. The number of likely N-dealkylation sites (tertiary alicyclic amines) is 1. The number of hydrogen-bond donors (Lipinski definition) is 1. The van der Waals surface area contributed by atoms with E-state index in [1.807, 2.05) is 36.4 Å². The van der Waals surface area contributed by atoms with Crippen LogP contribution in [0.3, 0.4) is 0 Å². The van der Waals surface area contributed by atoms with E-state index in [-0.39, 0.29) is 17.2 Å². The minimum atomic E-state index is 0.0267. The molecule has 1 N–H and O–H groups in total. The Bertz CT molecular complexity index is 839. The van der Waals surface area contributed by atoms with Crippen LogP contribution in [0.4, 0.5) is 0 Å². The zero-order valence-electron chi connectivity index (χ0n) is 18.3. The molecule has 5 heteroatoms. The Balaban J connectivity index is 1.39. The Hall–Kier alpha value is -2.04. The van der Waals surface area contributed by atoms with Crippen LogP contribution in [0.25, 0.3) is 0 Å². The summed E-state index contributed by atoms with van der Waals surface area (Å²) in [5.74, 6) is 1.13. The zero-order chi connectivity index (χ0) is 21.6. The van der Waals surface area contributed by atoms with E-state index in [0.29, 0.717) is 13.2 Å². The lowest BCUT2D eigenvalue weighted by molar-refractivity contribution is -0.126. The monoisotopic (exact) mass is 428 g/mol. The summed E-state index contributed by atoms with van der Waals surface area (Å²) < 4.78 is 5.96. The van der Waals surface area contributed by atoms with Crippen molar-refractivity contribution in [2.24, 2.45) is 5.92 Å². The highest BCUT2D eigenvalue weighted by Gasteiger charge is 2.25. The molecule has 0 bridgehead atoms. The third-order valence-corrected chi connectivity index (χ3v) is 5.84. The van der Waals surface area contributed by atoms with E-state index in [9.17, 15) is 4.79 Å². The third-order valence-electron chi connectivity index (χ3n) is 5.61. The van der Waals surface area contributed by atoms with Gasteiger partial charge in [-0.1, -0.05) is 62.7 Å². The van der Waals surface area contributed by atoms with Crippen LogP contribution in [-0.4, -0.2) is 37.0 Å². The van der Waals surface area contributed by atoms with Gasteiger partial charge in [-0.3, -0.25) is 9.69 Å². The first-order valence-electron chi connectivity index (χ1n) is 10.8. The van der Waals surface area contributed by atoms with Gasteiger partial charge in [0.05, 0.1) is 6.54 Å². The highest BCUT2D eigenvalue weighted by molar-refractivity contribution is 6.30. The van der Waals surface area contributed by atoms with Gasteiger partial charge in [-0.25, -0.2) is 0 Å². The van der Waals surface area contributed by atoms with Gasteiger partial charge in [-0.2, -0.15) is 0 Å². The number of piperidine rings is 1. The van der Waals surface area contributed by atoms with Crippen molar-refractivity contribution < 1.29 is 9.53 Å². The lowest BCUT2D eigenvalue weighted by Crippen LogP contribution is -2.41. The first kappa shape index (κ1) is 22.6. The molecule has 0 saturated carbocycles. The Morgan fingerprint density at radius 2 is 1.87 bits per heavy atom. The number of carbonyl (C=O) groups excluding carboxylic acids is 1. The fraction of sp³-hybridized carbons (Fsp3) is 0.480. The SMILES string of the molecule is CC(C)(C)c1ccccc1OCCNC(=O)C1CCN(Cc2cccc(Cl)c2)CC1. The van der Waals surface area contributed by atoms with E-state index in [2.05, 4.69) is 43.1 Å². The normalized spacial score (nSPS) is 15.7. The number of nitrogens with one attached hydrogen (secondary N) is 1. The second-order valence-corrected chi connectivity index (χ2v) is 9.50. The maximum absolute atomic E-state index is 12.5. The van der Waals surface area contributed by atoms with Crippen molar-refractivity contribution in [3.63, 3.8) is 0 Å². The summed E-state index contributed by atoms with van der Waals surface area (Å²) in [5.41, 5.74) is 2.43. The highest BCUT2D eigenvalue weighted by Crippen LogP contribution is 2.30. The van der Waals surface area contributed by atoms with Gasteiger partial charge in [0, 0.05) is 17.5 Å². The van der Waals surface area contributed by atoms with E-state index < -0.39 is 0 Å². The van der Waals surface area contributed by atoms with Gasteiger partial charge in [0.15, 0.2) is 0 Å². The number of ether oxygens (including phenoxy) is 1. The number of rotatable bonds is 7. The van der Waals surface area contributed by atoms with Crippen LogP contribution in [0.15, 0.2) is 48.5 Å². The van der Waals surface area contributed by atoms with Crippen molar-refractivity contribution in [2.45, 2.75) is 45.6 Å². The van der Waals surface area contributed by atoms with Crippen LogP contribution in [0.5, 0.6) is 5.75 Å². The molecule has 1 aliphatic rings. The Morgan fingerprint density at radius 3 is 2.57 bits per heavy atom. The van der Waals surface area contributed by atoms with Crippen LogP contribution < -0.4 is 10.1 Å². The number of halogens is 1. The molecule has 2 aromatic carbocycles. The molecule has 0 aliphatic carbocycles. The van der Waals surface area contributed by atoms with Crippen molar-refractivity contribution >= 4 is 17.5 Å². The van der Waals surface area contributed by atoms with Gasteiger partial charge < -0.3 is 10.1 Å². The van der Waals surface area contributed by atoms with E-state index in [0.717, 1.165) is 43.2 Å². The summed E-state index contributed by atoms with van der Waals surface area (Å²) in [6.45, 7) is 10.3. The quantitative estimate of drug-likeness (QED) is 0.628. The molecule has 3 rings (SSSR count). The molecule has 30 heavy (non-hydrogen) atoms. The summed E-state index contributed by atoms with van der Waals surface area (Å²) in [6, 6.07) is 16.1. The molecule has 2 aromatic rings. The van der Waals surface area contributed by atoms with Gasteiger partial charge in [-0.05, 0) is 60.7 Å². The van der Waals surface area contributed by atoms with Gasteiger partial charge in [-0.15, -0.1) is 0 Å². The van der Waals surface area contributed by atoms with Crippen LogP contribution in [0.1, 0.15) is 44.7 Å². The van der Waals surface area contributed by atoms with Gasteiger partial charge in [0.2, 0.25) is 5.91 Å². The van der Waals surface area contributed by atoms with Crippen LogP contribution in [0.2, 0.25) is 5.02 Å². The average Bonchev–Trinajstić information content (AvgIpc) is 2.71. The van der Waals surface area contributed by atoms with E-state index in [1.165, 1.54) is 11.1 Å². The number of nitrogens with zero attached hydrogens (tertiary/aromatic N) is 1. The fourth-order valence-electron chi connectivity index (χ4n) is 3.94. The highest BCUT2D eigenvalue weighted by atomic mass is 35.5. The predicted octanol–water partition coefficient (Wildman–Crippen LogP) is 5.04.